The van der Waals surface area contributed by atoms with Crippen molar-refractivity contribution in [1.82, 2.24) is 0 Å². The van der Waals surface area contributed by atoms with Gasteiger partial charge in [-0.15, -0.1) is 0 Å². The molecule has 0 bridgehead atoms. The van der Waals surface area contributed by atoms with E-state index in [1.54, 1.807) is 0 Å². The van der Waals surface area contributed by atoms with Crippen molar-refractivity contribution in [2.24, 2.45) is 0 Å². The van der Waals surface area contributed by atoms with E-state index >= 15 is 0 Å². The molecule has 0 fully saturated rings. The van der Waals surface area contributed by atoms with Crippen molar-refractivity contribution < 1.29 is 9.53 Å². The number of ether oxygens (including phenoxy) is 1. The molecule has 0 aromatic carbocycles. The summed E-state index contributed by atoms with van der Waals surface area (Å²) in [6.45, 7) is 9.86. The molecular formula is C89H180O2. The molecule has 0 saturated heterocycles. The maximum Gasteiger partial charge on any atom is 0.305 e. The van der Waals surface area contributed by atoms with Crippen LogP contribution in [0, 0.1) is 0 Å². The summed E-state index contributed by atoms with van der Waals surface area (Å²) in [6.07, 6.45) is 119. The average molecular weight is 1280 g/mol. The third kappa shape index (κ3) is 93.7. The quantitative estimate of drug-likeness (QED) is 0.0448. The molecule has 548 valence electrons. The minimum atomic E-state index is 0.0343. The Morgan fingerprint density at radius 3 is 0.363 bits per heavy atom. The van der Waals surface area contributed by atoms with Crippen LogP contribution < -0.4 is 0 Å². The maximum absolute atomic E-state index is 12.1. The van der Waals surface area contributed by atoms with Crippen LogP contribution in [0.15, 0.2) is 0 Å². The van der Waals surface area contributed by atoms with Crippen molar-refractivity contribution in [3.8, 4) is 0 Å². The molecule has 0 radical (unpaired) electrons. The molecule has 0 atom stereocenters. The lowest BCUT2D eigenvalue weighted by molar-refractivity contribution is -0.143. The van der Waals surface area contributed by atoms with Gasteiger partial charge in [-0.2, -0.15) is 0 Å². The van der Waals surface area contributed by atoms with E-state index in [4.69, 9.17) is 4.74 Å². The molecule has 91 heavy (non-hydrogen) atoms. The topological polar surface area (TPSA) is 26.3 Å². The lowest BCUT2D eigenvalue weighted by Gasteiger charge is -2.06. The van der Waals surface area contributed by atoms with Crippen molar-refractivity contribution in [1.29, 1.82) is 0 Å². The molecule has 2 nitrogen and oxygen atoms in total. The van der Waals surface area contributed by atoms with Crippen LogP contribution in [0.2, 0.25) is 0 Å². The minimum Gasteiger partial charge on any atom is -0.466 e. The summed E-state index contributed by atoms with van der Waals surface area (Å²) in [5.41, 5.74) is 0. The molecule has 0 N–H and O–H groups in total. The first-order valence-electron chi connectivity index (χ1n) is 44.4. The lowest BCUT2D eigenvalue weighted by Crippen LogP contribution is -2.05. The van der Waals surface area contributed by atoms with Gasteiger partial charge in [0, 0.05) is 6.42 Å². The van der Waals surface area contributed by atoms with Gasteiger partial charge < -0.3 is 4.74 Å². The van der Waals surface area contributed by atoms with Crippen LogP contribution in [0.3, 0.4) is 0 Å². The van der Waals surface area contributed by atoms with Gasteiger partial charge in [-0.25, -0.2) is 0 Å². The van der Waals surface area contributed by atoms with Gasteiger partial charge in [-0.1, -0.05) is 541 Å². The highest BCUT2D eigenvalue weighted by molar-refractivity contribution is 5.69. The van der Waals surface area contributed by atoms with Crippen LogP contribution in [0.25, 0.3) is 0 Å². The summed E-state index contributed by atoms with van der Waals surface area (Å²) < 4.78 is 5.50. The SMILES string of the molecule is CCCCCCCCCCCCCCCCCCCCCCCCCCCCCCCCCCC.CCCCCCCCCCCCCCCCCCCCCCCCCCCCCCCCCCC(=O)OCCCCCCCCCCCCCCCCCCC. The average Bonchev–Trinajstić information content (AvgIpc) is 3.56. The van der Waals surface area contributed by atoms with Crippen molar-refractivity contribution in [3.63, 3.8) is 0 Å². The number of esters is 1. The second kappa shape index (κ2) is 91.5. The predicted molar refractivity (Wildman–Crippen MR) is 417 cm³/mol. The van der Waals surface area contributed by atoms with Gasteiger partial charge in [-0.05, 0) is 12.8 Å². The zero-order chi connectivity index (χ0) is 65.7. The molecule has 0 rings (SSSR count). The molecule has 0 aliphatic carbocycles. The van der Waals surface area contributed by atoms with E-state index in [1.807, 2.05) is 0 Å². The largest absolute Gasteiger partial charge is 0.466 e. The smallest absolute Gasteiger partial charge is 0.305 e. The number of unbranched alkanes of at least 4 members (excludes halogenated alkanes) is 79. The summed E-state index contributed by atoms with van der Waals surface area (Å²) >= 11 is 0. The Labute approximate surface area is 579 Å². The Balaban J connectivity index is 0. The fraction of sp³-hybridized carbons (Fsp3) is 0.989. The zero-order valence-corrected chi connectivity index (χ0v) is 64.7. The molecule has 0 aliphatic heterocycles. The highest BCUT2D eigenvalue weighted by Crippen LogP contribution is 2.21. The van der Waals surface area contributed by atoms with E-state index in [-0.39, 0.29) is 5.97 Å². The molecule has 0 heterocycles. The number of carbonyl (C=O) groups is 1. The number of carbonyl (C=O) groups excluding carboxylic acids is 1. The van der Waals surface area contributed by atoms with Crippen LogP contribution in [0.4, 0.5) is 0 Å². The molecule has 0 aromatic rings. The Morgan fingerprint density at radius 2 is 0.242 bits per heavy atom. The summed E-state index contributed by atoms with van der Waals surface area (Å²) in [7, 11) is 0. The van der Waals surface area contributed by atoms with Crippen LogP contribution >= 0.6 is 0 Å². The van der Waals surface area contributed by atoms with Crippen molar-refractivity contribution >= 4 is 5.97 Å². The van der Waals surface area contributed by atoms with Gasteiger partial charge >= 0.3 is 5.97 Å². The Hall–Kier alpha value is -0.530. The van der Waals surface area contributed by atoms with Crippen LogP contribution in [0.1, 0.15) is 561 Å². The molecule has 0 saturated carbocycles. The van der Waals surface area contributed by atoms with E-state index < -0.39 is 0 Å². The van der Waals surface area contributed by atoms with E-state index in [1.165, 1.54) is 514 Å². The highest BCUT2D eigenvalue weighted by Gasteiger charge is 2.05. The fourth-order valence-electron chi connectivity index (χ4n) is 14.4. The molecule has 2 heteroatoms. The van der Waals surface area contributed by atoms with E-state index in [0.29, 0.717) is 13.0 Å². The summed E-state index contributed by atoms with van der Waals surface area (Å²) in [5.74, 6) is 0.0343. The van der Waals surface area contributed by atoms with Gasteiger partial charge in [0.05, 0.1) is 6.61 Å². The van der Waals surface area contributed by atoms with Crippen LogP contribution in [0.5, 0.6) is 0 Å². The van der Waals surface area contributed by atoms with Gasteiger partial charge in [0.25, 0.3) is 0 Å². The number of hydrogen-bond donors (Lipinski definition) is 0. The fourth-order valence-corrected chi connectivity index (χ4v) is 14.4. The lowest BCUT2D eigenvalue weighted by atomic mass is 10.0. The number of hydrogen-bond acceptors (Lipinski definition) is 2. The van der Waals surface area contributed by atoms with E-state index in [0.717, 1.165) is 12.8 Å². The van der Waals surface area contributed by atoms with Crippen molar-refractivity contribution in [3.05, 3.63) is 0 Å². The van der Waals surface area contributed by atoms with Crippen molar-refractivity contribution in [2.75, 3.05) is 6.61 Å². The van der Waals surface area contributed by atoms with Crippen LogP contribution in [-0.2, 0) is 9.53 Å². The van der Waals surface area contributed by atoms with Gasteiger partial charge in [0.1, 0.15) is 0 Å². The summed E-state index contributed by atoms with van der Waals surface area (Å²) in [5, 5.41) is 0. The monoisotopic (exact) mass is 1280 g/mol. The second-order valence-corrected chi connectivity index (χ2v) is 30.5. The third-order valence-corrected chi connectivity index (χ3v) is 21.0. The Kier molecular flexibility index (Phi) is 93.1. The first kappa shape index (κ1) is 92.5. The molecule has 0 spiro atoms. The predicted octanol–water partition coefficient (Wildman–Crippen LogP) is 34.0. The second-order valence-electron chi connectivity index (χ2n) is 30.5. The Morgan fingerprint density at radius 1 is 0.143 bits per heavy atom. The van der Waals surface area contributed by atoms with Gasteiger partial charge in [0.15, 0.2) is 0 Å². The highest BCUT2D eigenvalue weighted by atomic mass is 16.5. The molecule has 0 aromatic heterocycles. The normalized spacial score (nSPS) is 11.5. The summed E-state index contributed by atoms with van der Waals surface area (Å²) in [6, 6.07) is 0. The first-order valence-corrected chi connectivity index (χ1v) is 44.4. The maximum atomic E-state index is 12.1. The van der Waals surface area contributed by atoms with E-state index in [9.17, 15) is 4.79 Å². The molecule has 0 amide bonds. The van der Waals surface area contributed by atoms with Gasteiger partial charge in [-0.3, -0.25) is 4.79 Å². The standard InChI is InChI=1S/C54H108O2.C35H72/c1-3-5-7-9-11-13-15-17-19-21-22-23-24-25-26-27-28-29-30-31-32-33-34-35-36-38-40-42-44-46-48-50-52-54(55)56-53-51-49-47-45-43-41-39-37-20-18-16-14-12-10-8-6-4-2;1-3-5-7-9-11-13-15-17-19-21-23-25-27-29-31-33-35-34-32-30-28-26-24-22-20-18-16-14-12-10-8-6-4-2/h3-53H2,1-2H3;3-35H2,1-2H3. The third-order valence-electron chi connectivity index (χ3n) is 21.0. The van der Waals surface area contributed by atoms with Crippen molar-refractivity contribution in [2.45, 2.75) is 561 Å². The molecular weight excluding hydrogens is 1100 g/mol. The van der Waals surface area contributed by atoms with E-state index in [2.05, 4.69) is 27.7 Å². The number of rotatable bonds is 83. The Bertz CT molecular complexity index is 1160. The molecule has 0 aliphatic rings. The van der Waals surface area contributed by atoms with Gasteiger partial charge in [0.2, 0.25) is 0 Å². The first-order chi connectivity index (χ1) is 45.2. The van der Waals surface area contributed by atoms with Crippen LogP contribution in [-0.4, -0.2) is 12.6 Å². The summed E-state index contributed by atoms with van der Waals surface area (Å²) in [4.78, 5) is 12.1. The molecule has 0 unspecified atom stereocenters. The zero-order valence-electron chi connectivity index (χ0n) is 64.7. The minimum absolute atomic E-state index is 0.0343.